The average Bonchev–Trinajstić information content (AvgIpc) is 3.28. The Balaban J connectivity index is 0.000000248. The highest BCUT2D eigenvalue weighted by Gasteiger charge is 2.31. The van der Waals surface area contributed by atoms with Gasteiger partial charge in [-0.05, 0) is 162 Å². The third kappa shape index (κ3) is 17.0. The van der Waals surface area contributed by atoms with Gasteiger partial charge in [0.05, 0.1) is 12.1 Å². The molecule has 2 aliphatic rings. The van der Waals surface area contributed by atoms with E-state index in [2.05, 4.69) is 26.2 Å². The first kappa shape index (κ1) is 51.4. The molecule has 1 saturated carbocycles. The third-order valence-electron chi connectivity index (χ3n) is 12.1. The van der Waals surface area contributed by atoms with Crippen LogP contribution in [-0.4, -0.2) is 72.6 Å². The molecule has 15 heteroatoms. The number of anilines is 1. The number of urea groups is 1. The van der Waals surface area contributed by atoms with E-state index in [1.807, 2.05) is 43.3 Å². The number of alkyl halides is 3. The number of amides is 4. The zero-order valence-corrected chi connectivity index (χ0v) is 38.5. The Morgan fingerprint density at radius 2 is 1.47 bits per heavy atom. The number of hydrogen-bond acceptors (Lipinski definition) is 6. The first-order chi connectivity index (χ1) is 31.4. The molecule has 354 valence electrons. The minimum Gasteiger partial charge on any atom is -0.352 e. The molecule has 10 nitrogen and oxygen atoms in total. The van der Waals surface area contributed by atoms with Crippen LogP contribution >= 0.6 is 11.6 Å². The van der Waals surface area contributed by atoms with Gasteiger partial charge in [0, 0.05) is 52.6 Å². The monoisotopic (exact) mass is 933 g/mol. The summed E-state index contributed by atoms with van der Waals surface area (Å²) in [7, 11) is 0. The molecule has 0 spiro atoms. The van der Waals surface area contributed by atoms with E-state index in [4.69, 9.17) is 11.6 Å². The zero-order chi connectivity index (χ0) is 47.8. The number of ketones is 2. The second kappa shape index (κ2) is 24.8. The first-order valence-corrected chi connectivity index (χ1v) is 23.0. The number of nitrogens with zero attached hydrogens (tertiary/aromatic N) is 1. The molecular formula is C51H60ClF4N5O5. The second-order valence-corrected chi connectivity index (χ2v) is 17.9. The van der Waals surface area contributed by atoms with Crippen LogP contribution in [0.4, 0.5) is 28.0 Å². The van der Waals surface area contributed by atoms with Gasteiger partial charge < -0.3 is 26.2 Å². The fourth-order valence-corrected chi connectivity index (χ4v) is 8.65. The van der Waals surface area contributed by atoms with Gasteiger partial charge in [0.1, 0.15) is 5.82 Å². The fraction of sp³-hybridized carbons (Fsp3) is 0.431. The van der Waals surface area contributed by atoms with Gasteiger partial charge in [-0.15, -0.1) is 0 Å². The Labute approximate surface area is 389 Å². The minimum atomic E-state index is -4.53. The quantitative estimate of drug-likeness (QED) is 0.0652. The van der Waals surface area contributed by atoms with Crippen LogP contribution in [0, 0.1) is 17.7 Å². The largest absolute Gasteiger partial charge is 0.416 e. The lowest BCUT2D eigenvalue weighted by Crippen LogP contribution is -2.46. The smallest absolute Gasteiger partial charge is 0.352 e. The van der Waals surface area contributed by atoms with E-state index in [1.54, 1.807) is 18.2 Å². The number of Topliss-reactive ketones (excluding diaryl/α,β-unsaturated/α-hetero) is 2. The average molecular weight is 935 g/mol. The fourth-order valence-electron chi connectivity index (χ4n) is 8.52. The van der Waals surface area contributed by atoms with Crippen LogP contribution < -0.4 is 21.3 Å². The van der Waals surface area contributed by atoms with Crippen LogP contribution in [0.3, 0.4) is 0 Å². The molecule has 0 radical (unpaired) electrons. The van der Waals surface area contributed by atoms with Crippen LogP contribution in [0.5, 0.6) is 0 Å². The van der Waals surface area contributed by atoms with Crippen LogP contribution in [0.1, 0.15) is 120 Å². The number of benzene rings is 4. The Kier molecular flexibility index (Phi) is 19.3. The Bertz CT molecular complexity index is 2240. The zero-order valence-electron chi connectivity index (χ0n) is 37.7. The topological polar surface area (TPSA) is 137 Å². The van der Waals surface area contributed by atoms with Gasteiger partial charge in [0.15, 0.2) is 11.6 Å². The van der Waals surface area contributed by atoms with E-state index in [9.17, 15) is 41.5 Å². The molecule has 4 aromatic rings. The summed E-state index contributed by atoms with van der Waals surface area (Å²) in [6.45, 7) is 7.47. The lowest BCUT2D eigenvalue weighted by atomic mass is 9.81. The van der Waals surface area contributed by atoms with Crippen molar-refractivity contribution in [3.8, 4) is 0 Å². The third-order valence-corrected chi connectivity index (χ3v) is 12.4. The summed E-state index contributed by atoms with van der Waals surface area (Å²) in [6, 6.07) is 23.0. The van der Waals surface area contributed by atoms with Crippen molar-refractivity contribution >= 4 is 46.7 Å². The number of piperidine rings is 1. The van der Waals surface area contributed by atoms with Crippen molar-refractivity contribution in [1.82, 2.24) is 20.9 Å². The van der Waals surface area contributed by atoms with Crippen LogP contribution in [0.25, 0.3) is 0 Å². The molecular weight excluding hydrogens is 874 g/mol. The van der Waals surface area contributed by atoms with Gasteiger partial charge in [-0.3, -0.25) is 19.2 Å². The highest BCUT2D eigenvalue weighted by molar-refractivity contribution is 6.30. The maximum atomic E-state index is 13.1. The predicted octanol–water partition coefficient (Wildman–Crippen LogP) is 10.5. The summed E-state index contributed by atoms with van der Waals surface area (Å²) in [5.74, 6) is -0.705. The molecule has 1 aliphatic carbocycles. The van der Waals surface area contributed by atoms with Gasteiger partial charge in [-0.25, -0.2) is 9.18 Å². The van der Waals surface area contributed by atoms with Gasteiger partial charge in [0.2, 0.25) is 5.91 Å². The maximum absolute atomic E-state index is 13.1. The second-order valence-electron chi connectivity index (χ2n) is 17.5. The number of halogens is 5. The Morgan fingerprint density at radius 1 is 0.803 bits per heavy atom. The Hall–Kier alpha value is -5.60. The molecule has 66 heavy (non-hydrogen) atoms. The number of rotatable bonds is 16. The molecule has 0 bridgehead atoms. The molecule has 4 amide bonds. The van der Waals surface area contributed by atoms with Crippen molar-refractivity contribution in [1.29, 1.82) is 0 Å². The molecule has 0 unspecified atom stereocenters. The van der Waals surface area contributed by atoms with Crippen LogP contribution in [0.2, 0.25) is 5.02 Å². The summed E-state index contributed by atoms with van der Waals surface area (Å²) in [6.07, 6.45) is 5.40. The number of aryl methyl sites for hydroxylation is 1. The SMILES string of the molecule is CC(=O)c1cc(NC(=O)N[C@@H](C)CCN2CCC[C@@H](Cc3ccc(F)cc3)C2)cc(C(C)=O)c1.O=C(CNC(=O)c1cccc(C(F)(F)F)c1)N[C@H]1CCCC[C@@H]1CCc1ccc(Cl)cc1. The highest BCUT2D eigenvalue weighted by atomic mass is 35.5. The number of carbonyl (C=O) groups excluding carboxylic acids is 5. The van der Waals surface area contributed by atoms with Gasteiger partial charge >= 0.3 is 12.2 Å². The van der Waals surface area contributed by atoms with E-state index in [1.165, 1.54) is 55.7 Å². The van der Waals surface area contributed by atoms with Crippen molar-refractivity contribution in [2.75, 3.05) is 31.5 Å². The molecule has 1 aliphatic heterocycles. The minimum absolute atomic E-state index is 0.0222. The maximum Gasteiger partial charge on any atom is 0.416 e. The van der Waals surface area contributed by atoms with Crippen molar-refractivity contribution in [3.63, 3.8) is 0 Å². The number of nitrogens with one attached hydrogen (secondary N) is 4. The van der Waals surface area contributed by atoms with E-state index >= 15 is 0 Å². The van der Waals surface area contributed by atoms with E-state index in [-0.39, 0.29) is 53.5 Å². The van der Waals surface area contributed by atoms with E-state index in [0.29, 0.717) is 33.7 Å². The molecule has 1 heterocycles. The molecule has 1 saturated heterocycles. The van der Waals surface area contributed by atoms with Crippen molar-refractivity contribution in [2.24, 2.45) is 11.8 Å². The van der Waals surface area contributed by atoms with E-state index in [0.717, 1.165) is 89.6 Å². The highest BCUT2D eigenvalue weighted by Crippen LogP contribution is 2.30. The van der Waals surface area contributed by atoms with Gasteiger partial charge in [0.25, 0.3) is 5.91 Å². The molecule has 2 fully saturated rings. The van der Waals surface area contributed by atoms with Gasteiger partial charge in [-0.2, -0.15) is 13.2 Å². The van der Waals surface area contributed by atoms with E-state index < -0.39 is 17.6 Å². The van der Waals surface area contributed by atoms with Crippen molar-refractivity contribution in [2.45, 2.75) is 103 Å². The Morgan fingerprint density at radius 3 is 2.14 bits per heavy atom. The standard InChI is InChI=1S/C27H34FN3O3.C24H26ClF3N2O2/c1-18(29-27(34)30-26-15-23(19(2)32)14-24(16-26)20(3)33)10-12-31-11-4-5-22(17-31)13-21-6-8-25(28)9-7-21;25-20-12-9-16(10-13-20)8-11-17-4-1-2-7-21(17)30-22(31)15-29-23(32)18-5-3-6-19(14-18)24(26,27)28/h6-9,14-16,18,22H,4-5,10-13,17H2,1-3H3,(H2,29,30,34);3,5-6,9-10,12-14,17,21H,1-2,4,7-8,11,15H2,(H,29,32)(H,30,31)/t18-,22-;17-,21+/m01/s1. The van der Waals surface area contributed by atoms with Crippen LogP contribution in [0.15, 0.2) is 91.0 Å². The molecule has 4 N–H and O–H groups in total. The molecule has 4 aromatic carbocycles. The number of hydrogen-bond donors (Lipinski definition) is 4. The summed E-state index contributed by atoms with van der Waals surface area (Å²) in [4.78, 5) is 63.0. The number of likely N-dealkylation sites (tertiary alicyclic amines) is 1. The lowest BCUT2D eigenvalue weighted by molar-refractivity contribution is -0.137. The predicted molar refractivity (Wildman–Crippen MR) is 249 cm³/mol. The lowest BCUT2D eigenvalue weighted by Gasteiger charge is -2.33. The number of carbonyl (C=O) groups is 5. The first-order valence-electron chi connectivity index (χ1n) is 22.6. The van der Waals surface area contributed by atoms with Crippen molar-refractivity contribution < 1.29 is 41.5 Å². The summed E-state index contributed by atoms with van der Waals surface area (Å²) in [5, 5.41) is 11.8. The van der Waals surface area contributed by atoms with Gasteiger partial charge in [-0.1, -0.05) is 54.8 Å². The molecule has 0 aromatic heterocycles. The summed E-state index contributed by atoms with van der Waals surface area (Å²) < 4.78 is 51.6. The van der Waals surface area contributed by atoms with Crippen LogP contribution in [-0.2, 0) is 23.8 Å². The summed E-state index contributed by atoms with van der Waals surface area (Å²) >= 11 is 5.93. The summed E-state index contributed by atoms with van der Waals surface area (Å²) in [5.41, 5.74) is 2.52. The van der Waals surface area contributed by atoms with Crippen molar-refractivity contribution in [3.05, 3.63) is 135 Å². The molecule has 4 atom stereocenters. The molecule has 6 rings (SSSR count). The normalized spacial score (nSPS) is 17.9.